The van der Waals surface area contributed by atoms with Gasteiger partial charge in [0.2, 0.25) is 5.91 Å². The highest BCUT2D eigenvalue weighted by Gasteiger charge is 2.31. The number of hydrogen-bond acceptors (Lipinski definition) is 5. The molecule has 1 aliphatic rings. The van der Waals surface area contributed by atoms with Gasteiger partial charge >= 0.3 is 0 Å². The number of nitrogens with one attached hydrogen (secondary N) is 1. The molecule has 0 saturated carbocycles. The second kappa shape index (κ2) is 5.49. The summed E-state index contributed by atoms with van der Waals surface area (Å²) in [5.74, 6) is 0.0642. The van der Waals surface area contributed by atoms with E-state index in [9.17, 15) is 9.59 Å². The van der Waals surface area contributed by atoms with Crippen LogP contribution in [0.4, 0.5) is 5.82 Å². The molecule has 1 saturated heterocycles. The quantitative estimate of drug-likeness (QED) is 0.835. The molecule has 1 aliphatic heterocycles. The van der Waals surface area contributed by atoms with E-state index in [1.165, 1.54) is 16.3 Å². The smallest absolute Gasteiger partial charge is 0.250 e. The van der Waals surface area contributed by atoms with Crippen LogP contribution in [0.25, 0.3) is 5.65 Å². The summed E-state index contributed by atoms with van der Waals surface area (Å²) in [7, 11) is 0. The zero-order valence-electron chi connectivity index (χ0n) is 11.5. The first-order chi connectivity index (χ1) is 10.2. The van der Waals surface area contributed by atoms with Crippen LogP contribution in [0.3, 0.4) is 0 Å². The van der Waals surface area contributed by atoms with Gasteiger partial charge in [0, 0.05) is 25.7 Å². The summed E-state index contributed by atoms with van der Waals surface area (Å²) in [4.78, 5) is 29.6. The van der Waals surface area contributed by atoms with Crippen molar-refractivity contribution in [1.29, 1.82) is 0 Å². The van der Waals surface area contributed by atoms with Gasteiger partial charge in [0.25, 0.3) is 5.91 Å². The third kappa shape index (κ3) is 2.57. The van der Waals surface area contributed by atoms with Crippen LogP contribution in [-0.4, -0.2) is 57.1 Å². The van der Waals surface area contributed by atoms with Crippen LogP contribution >= 0.6 is 0 Å². The number of amides is 2. The molecule has 2 amide bonds. The number of fused-ring (bicyclic) bond motifs is 1. The predicted molar refractivity (Wildman–Crippen MR) is 73.6 cm³/mol. The van der Waals surface area contributed by atoms with E-state index in [1.54, 1.807) is 24.5 Å². The Balaban J connectivity index is 1.82. The maximum Gasteiger partial charge on any atom is 0.250 e. The lowest BCUT2D eigenvalue weighted by Gasteiger charge is -2.33. The number of hydrogen-bond donors (Lipinski definition) is 1. The second-order valence-electron chi connectivity index (χ2n) is 4.72. The van der Waals surface area contributed by atoms with E-state index in [1.807, 2.05) is 0 Å². The maximum absolute atomic E-state index is 12.4. The molecule has 8 nitrogen and oxygen atoms in total. The van der Waals surface area contributed by atoms with Crippen molar-refractivity contribution in [3.63, 3.8) is 0 Å². The molecule has 8 heteroatoms. The molecule has 1 atom stereocenters. The van der Waals surface area contributed by atoms with Crippen molar-refractivity contribution in [3.8, 4) is 0 Å². The third-order valence-electron chi connectivity index (χ3n) is 3.38. The van der Waals surface area contributed by atoms with Crippen molar-refractivity contribution in [2.24, 2.45) is 0 Å². The molecule has 3 rings (SSSR count). The predicted octanol–water partition coefficient (Wildman–Crippen LogP) is -0.0849. The van der Waals surface area contributed by atoms with Crippen LogP contribution < -0.4 is 5.32 Å². The van der Waals surface area contributed by atoms with Gasteiger partial charge in [-0.05, 0) is 6.07 Å². The number of anilines is 1. The van der Waals surface area contributed by atoms with Crippen LogP contribution in [0.5, 0.6) is 0 Å². The van der Waals surface area contributed by atoms with Crippen LogP contribution in [-0.2, 0) is 14.3 Å². The molecule has 110 valence electrons. The monoisotopic (exact) mass is 289 g/mol. The Morgan fingerprint density at radius 1 is 1.38 bits per heavy atom. The zero-order valence-corrected chi connectivity index (χ0v) is 11.5. The first-order valence-corrected chi connectivity index (χ1v) is 6.61. The first kappa shape index (κ1) is 13.5. The van der Waals surface area contributed by atoms with E-state index in [-0.39, 0.29) is 18.4 Å². The second-order valence-corrected chi connectivity index (χ2v) is 4.72. The zero-order chi connectivity index (χ0) is 14.8. The minimum Gasteiger partial charge on any atom is -0.377 e. The van der Waals surface area contributed by atoms with Gasteiger partial charge in [0.1, 0.15) is 11.9 Å². The van der Waals surface area contributed by atoms with Gasteiger partial charge in [0.05, 0.1) is 19.4 Å². The average Bonchev–Trinajstić information content (AvgIpc) is 2.96. The van der Waals surface area contributed by atoms with Crippen LogP contribution in [0.1, 0.15) is 6.92 Å². The van der Waals surface area contributed by atoms with Crippen molar-refractivity contribution >= 4 is 23.3 Å². The average molecular weight is 289 g/mol. The van der Waals surface area contributed by atoms with Gasteiger partial charge in [-0.15, -0.1) is 0 Å². The standard InChI is InChI=1S/C13H15N5O3/c1-9(19)17-6-7-21-8-10(17)13(20)16-12-2-4-14-11-3-5-15-18(11)12/h2-5,10H,6-8H2,1H3,(H,16,20). The molecule has 2 aromatic rings. The van der Waals surface area contributed by atoms with E-state index in [4.69, 9.17) is 4.74 Å². The minimum atomic E-state index is -0.630. The third-order valence-corrected chi connectivity index (χ3v) is 3.38. The fraction of sp³-hybridized carbons (Fsp3) is 0.385. The molecular weight excluding hydrogens is 274 g/mol. The first-order valence-electron chi connectivity index (χ1n) is 6.61. The van der Waals surface area contributed by atoms with Gasteiger partial charge in [-0.3, -0.25) is 9.59 Å². The number of aromatic nitrogens is 3. The fourth-order valence-corrected chi connectivity index (χ4v) is 2.34. The van der Waals surface area contributed by atoms with Gasteiger partial charge in [-0.2, -0.15) is 9.61 Å². The topological polar surface area (TPSA) is 88.8 Å². The molecule has 0 aromatic carbocycles. The summed E-state index contributed by atoms with van der Waals surface area (Å²) in [6.07, 6.45) is 3.19. The number of ether oxygens (including phenoxy) is 1. The summed E-state index contributed by atoms with van der Waals surface area (Å²) < 4.78 is 6.83. The van der Waals surface area contributed by atoms with E-state index in [0.29, 0.717) is 24.6 Å². The summed E-state index contributed by atoms with van der Waals surface area (Å²) in [6.45, 7) is 2.51. The summed E-state index contributed by atoms with van der Waals surface area (Å²) in [6, 6.07) is 2.76. The number of carbonyl (C=O) groups is 2. The maximum atomic E-state index is 12.4. The molecule has 1 unspecified atom stereocenters. The lowest BCUT2D eigenvalue weighted by Crippen LogP contribution is -2.53. The molecule has 0 spiro atoms. The van der Waals surface area contributed by atoms with Gasteiger partial charge in [-0.25, -0.2) is 4.98 Å². The van der Waals surface area contributed by atoms with E-state index in [2.05, 4.69) is 15.4 Å². The highest BCUT2D eigenvalue weighted by molar-refractivity contribution is 5.96. The molecule has 2 aromatic heterocycles. The fourth-order valence-electron chi connectivity index (χ4n) is 2.34. The number of rotatable bonds is 2. The summed E-state index contributed by atoms with van der Waals surface area (Å²) in [5.41, 5.74) is 0.635. The van der Waals surface area contributed by atoms with Crippen LogP contribution in [0, 0.1) is 0 Å². The molecule has 21 heavy (non-hydrogen) atoms. The highest BCUT2D eigenvalue weighted by atomic mass is 16.5. The molecule has 1 fully saturated rings. The number of nitrogens with zero attached hydrogens (tertiary/aromatic N) is 4. The molecule has 0 aliphatic carbocycles. The highest BCUT2D eigenvalue weighted by Crippen LogP contribution is 2.12. The Morgan fingerprint density at radius 3 is 3.05 bits per heavy atom. The van der Waals surface area contributed by atoms with Crippen molar-refractivity contribution in [1.82, 2.24) is 19.5 Å². The Morgan fingerprint density at radius 2 is 2.24 bits per heavy atom. The van der Waals surface area contributed by atoms with Crippen molar-refractivity contribution in [2.45, 2.75) is 13.0 Å². The minimum absolute atomic E-state index is 0.141. The van der Waals surface area contributed by atoms with E-state index < -0.39 is 6.04 Å². The molecular formula is C13H15N5O3. The lowest BCUT2D eigenvalue weighted by atomic mass is 10.2. The van der Waals surface area contributed by atoms with E-state index >= 15 is 0 Å². The van der Waals surface area contributed by atoms with Gasteiger partial charge < -0.3 is 15.0 Å². The van der Waals surface area contributed by atoms with Crippen LogP contribution in [0.15, 0.2) is 24.5 Å². The summed E-state index contributed by atoms with van der Waals surface area (Å²) in [5, 5.41) is 6.87. The van der Waals surface area contributed by atoms with Crippen LogP contribution in [0.2, 0.25) is 0 Å². The number of carbonyl (C=O) groups excluding carboxylic acids is 2. The Kier molecular flexibility index (Phi) is 3.53. The van der Waals surface area contributed by atoms with E-state index in [0.717, 1.165) is 0 Å². The van der Waals surface area contributed by atoms with Gasteiger partial charge in [0.15, 0.2) is 5.65 Å². The van der Waals surface area contributed by atoms with Crippen molar-refractivity contribution in [3.05, 3.63) is 24.5 Å². The molecule has 3 heterocycles. The van der Waals surface area contributed by atoms with Crippen molar-refractivity contribution in [2.75, 3.05) is 25.1 Å². The lowest BCUT2D eigenvalue weighted by molar-refractivity contribution is -0.144. The molecule has 0 bridgehead atoms. The SMILES string of the molecule is CC(=O)N1CCOCC1C(=O)Nc1ccnc2ccnn12. The van der Waals surface area contributed by atoms with Gasteiger partial charge in [-0.1, -0.05) is 0 Å². The normalized spacial score (nSPS) is 18.7. The molecule has 0 radical (unpaired) electrons. The Hall–Kier alpha value is -2.48. The Labute approximate surface area is 120 Å². The number of morpholine rings is 1. The largest absolute Gasteiger partial charge is 0.377 e. The van der Waals surface area contributed by atoms with Crippen molar-refractivity contribution < 1.29 is 14.3 Å². The molecule has 1 N–H and O–H groups in total. The Bertz CT molecular complexity index is 683. The summed E-state index contributed by atoms with van der Waals surface area (Å²) >= 11 is 0.